The van der Waals surface area contributed by atoms with Gasteiger partial charge in [-0.15, -0.1) is 0 Å². The third-order valence-electron chi connectivity index (χ3n) is 3.16. The van der Waals surface area contributed by atoms with Crippen molar-refractivity contribution in [3.8, 4) is 0 Å². The molecule has 0 saturated carbocycles. The molecule has 1 aliphatic rings. The van der Waals surface area contributed by atoms with E-state index < -0.39 is 0 Å². The predicted molar refractivity (Wildman–Crippen MR) is 61.6 cm³/mol. The van der Waals surface area contributed by atoms with E-state index in [1.807, 2.05) is 7.05 Å². The molecule has 0 radical (unpaired) electrons. The summed E-state index contributed by atoms with van der Waals surface area (Å²) in [5, 5.41) is 0. The second-order valence-electron chi connectivity index (χ2n) is 4.41. The van der Waals surface area contributed by atoms with Gasteiger partial charge in [-0.05, 0) is 19.9 Å². The second-order valence-corrected chi connectivity index (χ2v) is 4.41. The first-order valence-corrected chi connectivity index (χ1v) is 5.82. The quantitative estimate of drug-likeness (QED) is 0.729. The number of nitrogens with zero attached hydrogens (tertiary/aromatic N) is 2. The fraction of sp³-hybridized carbons (Fsp3) is 0.909. The van der Waals surface area contributed by atoms with Crippen molar-refractivity contribution in [1.29, 1.82) is 0 Å². The standard InChI is InChI=1S/C11H23N3O/c1-4-5-6-14-9(2)8-13(3)11(15)10(14)7-12/h9-10H,4-8,12H2,1-3H3. The van der Waals surface area contributed by atoms with Crippen molar-refractivity contribution in [1.82, 2.24) is 9.80 Å². The van der Waals surface area contributed by atoms with Gasteiger partial charge in [0.05, 0.1) is 0 Å². The average molecular weight is 213 g/mol. The van der Waals surface area contributed by atoms with Gasteiger partial charge >= 0.3 is 0 Å². The zero-order valence-electron chi connectivity index (χ0n) is 10.1. The van der Waals surface area contributed by atoms with Gasteiger partial charge < -0.3 is 10.6 Å². The Bertz CT molecular complexity index is 220. The first kappa shape index (κ1) is 12.5. The van der Waals surface area contributed by atoms with E-state index in [1.165, 1.54) is 0 Å². The smallest absolute Gasteiger partial charge is 0.241 e. The number of rotatable bonds is 4. The van der Waals surface area contributed by atoms with Crippen LogP contribution in [0.3, 0.4) is 0 Å². The van der Waals surface area contributed by atoms with Crippen LogP contribution in [0.25, 0.3) is 0 Å². The number of piperazine rings is 1. The van der Waals surface area contributed by atoms with Crippen LogP contribution in [0.4, 0.5) is 0 Å². The number of carbonyl (C=O) groups is 1. The Morgan fingerprint density at radius 1 is 1.53 bits per heavy atom. The molecule has 1 amide bonds. The largest absolute Gasteiger partial charge is 0.343 e. The Kier molecular flexibility index (Phi) is 4.54. The van der Waals surface area contributed by atoms with Crippen molar-refractivity contribution in [3.05, 3.63) is 0 Å². The van der Waals surface area contributed by atoms with Crippen molar-refractivity contribution < 1.29 is 4.79 Å². The van der Waals surface area contributed by atoms with E-state index in [1.54, 1.807) is 4.90 Å². The number of carbonyl (C=O) groups excluding carboxylic acids is 1. The highest BCUT2D eigenvalue weighted by molar-refractivity contribution is 5.82. The van der Waals surface area contributed by atoms with Crippen molar-refractivity contribution in [2.24, 2.45) is 5.73 Å². The molecule has 2 unspecified atom stereocenters. The maximum atomic E-state index is 11.9. The minimum atomic E-state index is -0.106. The molecule has 0 aromatic heterocycles. The van der Waals surface area contributed by atoms with E-state index in [2.05, 4.69) is 18.7 Å². The molecule has 0 aromatic carbocycles. The van der Waals surface area contributed by atoms with Crippen LogP contribution in [-0.4, -0.2) is 54.5 Å². The molecule has 1 fully saturated rings. The summed E-state index contributed by atoms with van der Waals surface area (Å²) >= 11 is 0. The molecule has 1 heterocycles. The van der Waals surface area contributed by atoms with Crippen LogP contribution >= 0.6 is 0 Å². The third-order valence-corrected chi connectivity index (χ3v) is 3.16. The summed E-state index contributed by atoms with van der Waals surface area (Å²) in [6.07, 6.45) is 2.29. The van der Waals surface area contributed by atoms with Crippen molar-refractivity contribution >= 4 is 5.91 Å². The second kappa shape index (κ2) is 5.47. The van der Waals surface area contributed by atoms with Crippen molar-refractivity contribution in [2.75, 3.05) is 26.7 Å². The maximum absolute atomic E-state index is 11.9. The van der Waals surface area contributed by atoms with Crippen LogP contribution in [-0.2, 0) is 4.79 Å². The normalized spacial score (nSPS) is 28.5. The number of likely N-dealkylation sites (N-methyl/N-ethyl adjacent to an activating group) is 1. The SMILES string of the molecule is CCCCN1C(C)CN(C)C(=O)C1CN. The van der Waals surface area contributed by atoms with E-state index >= 15 is 0 Å². The summed E-state index contributed by atoms with van der Waals surface area (Å²) in [5.41, 5.74) is 5.69. The monoisotopic (exact) mass is 213 g/mol. The highest BCUT2D eigenvalue weighted by Gasteiger charge is 2.35. The van der Waals surface area contributed by atoms with E-state index in [4.69, 9.17) is 5.73 Å². The Morgan fingerprint density at radius 3 is 2.73 bits per heavy atom. The molecule has 1 rings (SSSR count). The first-order valence-electron chi connectivity index (χ1n) is 5.82. The van der Waals surface area contributed by atoms with Gasteiger partial charge in [0.1, 0.15) is 6.04 Å². The lowest BCUT2D eigenvalue weighted by atomic mass is 10.1. The molecule has 1 saturated heterocycles. The van der Waals surface area contributed by atoms with E-state index in [-0.39, 0.29) is 11.9 Å². The molecule has 1 aliphatic heterocycles. The molecule has 15 heavy (non-hydrogen) atoms. The number of nitrogens with two attached hydrogens (primary N) is 1. The molecular formula is C11H23N3O. The summed E-state index contributed by atoms with van der Waals surface area (Å²) in [7, 11) is 1.86. The minimum absolute atomic E-state index is 0.106. The molecule has 2 atom stereocenters. The summed E-state index contributed by atoms with van der Waals surface area (Å²) < 4.78 is 0. The van der Waals surface area contributed by atoms with Crippen molar-refractivity contribution in [2.45, 2.75) is 38.8 Å². The Hall–Kier alpha value is -0.610. The van der Waals surface area contributed by atoms with Crippen LogP contribution in [0.1, 0.15) is 26.7 Å². The zero-order valence-corrected chi connectivity index (χ0v) is 10.1. The average Bonchev–Trinajstić information content (AvgIpc) is 2.21. The van der Waals surface area contributed by atoms with E-state index in [9.17, 15) is 4.79 Å². The molecule has 4 heteroatoms. The first-order chi connectivity index (χ1) is 7.11. The minimum Gasteiger partial charge on any atom is -0.343 e. The van der Waals surface area contributed by atoms with Crippen LogP contribution in [0, 0.1) is 0 Å². The summed E-state index contributed by atoms with van der Waals surface area (Å²) in [6.45, 7) is 6.57. The van der Waals surface area contributed by atoms with Gasteiger partial charge in [-0.3, -0.25) is 9.69 Å². The van der Waals surface area contributed by atoms with Crippen LogP contribution in [0.15, 0.2) is 0 Å². The molecule has 0 spiro atoms. The topological polar surface area (TPSA) is 49.6 Å². The molecule has 0 aliphatic carbocycles. The van der Waals surface area contributed by atoms with Crippen LogP contribution in [0.2, 0.25) is 0 Å². The van der Waals surface area contributed by atoms with Gasteiger partial charge in [0.15, 0.2) is 0 Å². The highest BCUT2D eigenvalue weighted by atomic mass is 16.2. The van der Waals surface area contributed by atoms with Gasteiger partial charge in [0.2, 0.25) is 5.91 Å². The molecule has 0 aromatic rings. The lowest BCUT2D eigenvalue weighted by Gasteiger charge is -2.43. The molecule has 4 nitrogen and oxygen atoms in total. The highest BCUT2D eigenvalue weighted by Crippen LogP contribution is 2.16. The van der Waals surface area contributed by atoms with E-state index in [0.29, 0.717) is 12.6 Å². The Labute approximate surface area is 92.4 Å². The Morgan fingerprint density at radius 2 is 2.20 bits per heavy atom. The van der Waals surface area contributed by atoms with Crippen molar-refractivity contribution in [3.63, 3.8) is 0 Å². The number of unbranched alkanes of at least 4 members (excludes halogenated alkanes) is 1. The summed E-state index contributed by atoms with van der Waals surface area (Å²) in [5.74, 6) is 0.173. The van der Waals surface area contributed by atoms with Gasteiger partial charge in [0, 0.05) is 26.2 Å². The molecule has 88 valence electrons. The maximum Gasteiger partial charge on any atom is 0.241 e. The van der Waals surface area contributed by atoms with Gasteiger partial charge in [-0.2, -0.15) is 0 Å². The van der Waals surface area contributed by atoms with Gasteiger partial charge in [-0.1, -0.05) is 13.3 Å². The molecule has 0 bridgehead atoms. The predicted octanol–water partition coefficient (Wildman–Crippen LogP) is 0.276. The summed E-state index contributed by atoms with van der Waals surface area (Å²) in [4.78, 5) is 15.9. The zero-order chi connectivity index (χ0) is 11.4. The molecular weight excluding hydrogens is 190 g/mol. The number of hydrogen-bond donors (Lipinski definition) is 1. The lowest BCUT2D eigenvalue weighted by Crippen LogP contribution is -2.62. The van der Waals surface area contributed by atoms with E-state index in [0.717, 1.165) is 25.9 Å². The van der Waals surface area contributed by atoms with Crippen LogP contribution < -0.4 is 5.73 Å². The summed E-state index contributed by atoms with van der Waals surface area (Å²) in [6, 6.07) is 0.318. The third kappa shape index (κ3) is 2.69. The number of hydrogen-bond acceptors (Lipinski definition) is 3. The number of amides is 1. The fourth-order valence-corrected chi connectivity index (χ4v) is 2.25. The van der Waals surface area contributed by atoms with Gasteiger partial charge in [0.25, 0.3) is 0 Å². The Balaban J connectivity index is 2.68. The molecule has 2 N–H and O–H groups in total. The lowest BCUT2D eigenvalue weighted by molar-refractivity contribution is -0.142. The van der Waals surface area contributed by atoms with Crippen LogP contribution in [0.5, 0.6) is 0 Å². The van der Waals surface area contributed by atoms with Gasteiger partial charge in [-0.25, -0.2) is 0 Å². The fourth-order valence-electron chi connectivity index (χ4n) is 2.25.